The zero-order chi connectivity index (χ0) is 10.1. The van der Waals surface area contributed by atoms with Crippen LogP contribution in [0.3, 0.4) is 0 Å². The number of likely N-dealkylation sites (N-methyl/N-ethyl adjacent to an activating group) is 2. The fourth-order valence-corrected chi connectivity index (χ4v) is 3.33. The number of rotatable bonds is 2. The van der Waals surface area contributed by atoms with Gasteiger partial charge in [-0.25, -0.2) is 0 Å². The molecule has 1 aliphatic rings. The molecule has 0 amide bonds. The van der Waals surface area contributed by atoms with Gasteiger partial charge in [-0.2, -0.15) is 0 Å². The van der Waals surface area contributed by atoms with Gasteiger partial charge >= 0.3 is 0 Å². The zero-order valence-corrected chi connectivity index (χ0v) is 10.0. The molecular formula is C10H15ClN2S. The Morgan fingerprint density at radius 1 is 1.50 bits per heavy atom. The number of hydrogen-bond acceptors (Lipinski definition) is 3. The molecule has 1 aromatic rings. The van der Waals surface area contributed by atoms with E-state index in [-0.39, 0.29) is 0 Å². The monoisotopic (exact) mass is 230 g/mol. The van der Waals surface area contributed by atoms with Crippen LogP contribution < -0.4 is 5.32 Å². The molecule has 1 N–H and O–H groups in total. The van der Waals surface area contributed by atoms with Gasteiger partial charge in [-0.15, -0.1) is 11.3 Å². The number of nitrogens with one attached hydrogen (secondary N) is 1. The summed E-state index contributed by atoms with van der Waals surface area (Å²) in [4.78, 5) is 3.76. The van der Waals surface area contributed by atoms with E-state index in [1.807, 2.05) is 13.1 Å². The molecule has 2 unspecified atom stereocenters. The molecule has 1 fully saturated rings. The lowest BCUT2D eigenvalue weighted by Crippen LogP contribution is -2.31. The molecule has 2 heterocycles. The summed E-state index contributed by atoms with van der Waals surface area (Å²) in [7, 11) is 4.20. The van der Waals surface area contributed by atoms with E-state index < -0.39 is 0 Å². The molecule has 0 aliphatic carbocycles. The van der Waals surface area contributed by atoms with Crippen molar-refractivity contribution < 1.29 is 0 Å². The Bertz CT molecular complexity index is 313. The van der Waals surface area contributed by atoms with E-state index in [0.29, 0.717) is 12.0 Å². The second-order valence-electron chi connectivity index (χ2n) is 3.86. The third kappa shape index (κ3) is 1.96. The molecule has 0 aromatic carbocycles. The van der Waals surface area contributed by atoms with Crippen LogP contribution in [0.5, 0.6) is 0 Å². The standard InChI is InChI=1S/C10H15ClN2S/c1-12-8-6-13(2)5-7(8)9-3-4-10(11)14-9/h3-4,7-8,12H,5-6H2,1-2H3. The molecule has 0 saturated carbocycles. The van der Waals surface area contributed by atoms with E-state index in [4.69, 9.17) is 11.6 Å². The molecule has 78 valence electrons. The summed E-state index contributed by atoms with van der Waals surface area (Å²) in [5.41, 5.74) is 0. The van der Waals surface area contributed by atoms with Gasteiger partial charge in [0.25, 0.3) is 0 Å². The third-order valence-corrected chi connectivity index (χ3v) is 4.20. The minimum atomic E-state index is 0.565. The van der Waals surface area contributed by atoms with Crippen molar-refractivity contribution in [2.75, 3.05) is 27.2 Å². The lowest BCUT2D eigenvalue weighted by atomic mass is 10.0. The highest BCUT2D eigenvalue weighted by molar-refractivity contribution is 7.16. The van der Waals surface area contributed by atoms with E-state index in [1.54, 1.807) is 11.3 Å². The Morgan fingerprint density at radius 2 is 2.29 bits per heavy atom. The van der Waals surface area contributed by atoms with Crippen molar-refractivity contribution in [1.82, 2.24) is 10.2 Å². The number of thiophene rings is 1. The number of hydrogen-bond donors (Lipinski definition) is 1. The van der Waals surface area contributed by atoms with Crippen molar-refractivity contribution in [1.29, 1.82) is 0 Å². The van der Waals surface area contributed by atoms with Gasteiger partial charge in [0, 0.05) is 29.9 Å². The Labute approximate surface area is 93.9 Å². The van der Waals surface area contributed by atoms with Crippen LogP contribution in [0, 0.1) is 0 Å². The number of halogens is 1. The van der Waals surface area contributed by atoms with Gasteiger partial charge in [-0.1, -0.05) is 11.6 Å². The smallest absolute Gasteiger partial charge is 0.0931 e. The Kier molecular flexibility index (Phi) is 3.12. The number of likely N-dealkylation sites (tertiary alicyclic amines) is 1. The van der Waals surface area contributed by atoms with Crippen molar-refractivity contribution in [2.45, 2.75) is 12.0 Å². The Morgan fingerprint density at radius 3 is 2.86 bits per heavy atom. The SMILES string of the molecule is CNC1CN(C)CC1c1ccc(Cl)s1. The molecule has 1 aliphatic heterocycles. The van der Waals surface area contributed by atoms with Crippen LogP contribution >= 0.6 is 22.9 Å². The van der Waals surface area contributed by atoms with Crippen LogP contribution in [-0.4, -0.2) is 38.1 Å². The topological polar surface area (TPSA) is 15.3 Å². The number of nitrogens with zero attached hydrogens (tertiary/aromatic N) is 1. The summed E-state index contributed by atoms with van der Waals surface area (Å²) < 4.78 is 0.893. The van der Waals surface area contributed by atoms with E-state index >= 15 is 0 Å². The van der Waals surface area contributed by atoms with Crippen LogP contribution in [0.25, 0.3) is 0 Å². The molecule has 14 heavy (non-hydrogen) atoms. The van der Waals surface area contributed by atoms with E-state index in [2.05, 4.69) is 23.3 Å². The first kappa shape index (κ1) is 10.4. The van der Waals surface area contributed by atoms with Gasteiger partial charge in [0.2, 0.25) is 0 Å². The maximum absolute atomic E-state index is 5.95. The van der Waals surface area contributed by atoms with Crippen LogP contribution in [0.2, 0.25) is 4.34 Å². The molecule has 2 rings (SSSR count). The summed E-state index contributed by atoms with van der Waals surface area (Å²) in [6.45, 7) is 2.25. The van der Waals surface area contributed by atoms with Gasteiger partial charge < -0.3 is 10.2 Å². The quantitative estimate of drug-likeness (QED) is 0.837. The van der Waals surface area contributed by atoms with Gasteiger partial charge in [0.1, 0.15) is 0 Å². The van der Waals surface area contributed by atoms with E-state index in [9.17, 15) is 0 Å². The average Bonchev–Trinajstić information content (AvgIpc) is 2.71. The highest BCUT2D eigenvalue weighted by atomic mass is 35.5. The largest absolute Gasteiger partial charge is 0.315 e. The minimum Gasteiger partial charge on any atom is -0.315 e. The maximum atomic E-state index is 5.95. The van der Waals surface area contributed by atoms with E-state index in [1.165, 1.54) is 4.88 Å². The van der Waals surface area contributed by atoms with Crippen molar-refractivity contribution >= 4 is 22.9 Å². The Balaban J connectivity index is 2.17. The van der Waals surface area contributed by atoms with Crippen LogP contribution in [0.4, 0.5) is 0 Å². The molecule has 2 atom stereocenters. The Hall–Kier alpha value is -0.0900. The summed E-state index contributed by atoms with van der Waals surface area (Å²) in [5, 5.41) is 3.37. The molecule has 0 radical (unpaired) electrons. The highest BCUT2D eigenvalue weighted by Crippen LogP contribution is 2.33. The average molecular weight is 231 g/mol. The molecule has 2 nitrogen and oxygen atoms in total. The molecule has 4 heteroatoms. The second kappa shape index (κ2) is 4.19. The fourth-order valence-electron chi connectivity index (χ4n) is 2.11. The first-order valence-electron chi connectivity index (χ1n) is 4.81. The van der Waals surface area contributed by atoms with Crippen molar-refractivity contribution in [2.24, 2.45) is 0 Å². The molecule has 1 aromatic heterocycles. The first-order chi connectivity index (χ1) is 6.70. The van der Waals surface area contributed by atoms with E-state index in [0.717, 1.165) is 17.4 Å². The third-order valence-electron chi connectivity index (χ3n) is 2.83. The fraction of sp³-hybridized carbons (Fsp3) is 0.600. The van der Waals surface area contributed by atoms with Crippen molar-refractivity contribution in [3.8, 4) is 0 Å². The first-order valence-corrected chi connectivity index (χ1v) is 6.01. The van der Waals surface area contributed by atoms with Gasteiger partial charge in [0.15, 0.2) is 0 Å². The van der Waals surface area contributed by atoms with Gasteiger partial charge in [-0.05, 0) is 26.2 Å². The molecular weight excluding hydrogens is 216 g/mol. The highest BCUT2D eigenvalue weighted by Gasteiger charge is 2.31. The summed E-state index contributed by atoms with van der Waals surface area (Å²) in [6.07, 6.45) is 0. The normalized spacial score (nSPS) is 28.5. The summed E-state index contributed by atoms with van der Waals surface area (Å²) >= 11 is 7.66. The maximum Gasteiger partial charge on any atom is 0.0931 e. The van der Waals surface area contributed by atoms with Crippen LogP contribution in [0.15, 0.2) is 12.1 Å². The minimum absolute atomic E-state index is 0.565. The second-order valence-corrected chi connectivity index (χ2v) is 5.61. The lowest BCUT2D eigenvalue weighted by molar-refractivity contribution is 0.402. The lowest BCUT2D eigenvalue weighted by Gasteiger charge is -2.15. The predicted octanol–water partition coefficient (Wildman–Crippen LogP) is 2.02. The van der Waals surface area contributed by atoms with Crippen LogP contribution in [-0.2, 0) is 0 Å². The summed E-state index contributed by atoms with van der Waals surface area (Å²) in [5.74, 6) is 0.600. The van der Waals surface area contributed by atoms with Gasteiger partial charge in [0.05, 0.1) is 4.34 Å². The summed E-state index contributed by atoms with van der Waals surface area (Å²) in [6, 6.07) is 4.71. The van der Waals surface area contributed by atoms with Crippen molar-refractivity contribution in [3.05, 3.63) is 21.3 Å². The molecule has 0 bridgehead atoms. The zero-order valence-electron chi connectivity index (χ0n) is 8.46. The predicted molar refractivity (Wildman–Crippen MR) is 62.4 cm³/mol. The van der Waals surface area contributed by atoms with Gasteiger partial charge in [-0.3, -0.25) is 0 Å². The van der Waals surface area contributed by atoms with Crippen LogP contribution in [0.1, 0.15) is 10.8 Å². The molecule has 0 spiro atoms. The van der Waals surface area contributed by atoms with Crippen molar-refractivity contribution in [3.63, 3.8) is 0 Å². The molecule has 1 saturated heterocycles.